The summed E-state index contributed by atoms with van der Waals surface area (Å²) in [6, 6.07) is 32.0. The van der Waals surface area contributed by atoms with Crippen LogP contribution in [0.2, 0.25) is 0 Å². The van der Waals surface area contributed by atoms with Gasteiger partial charge in [0.05, 0.1) is 0 Å². The number of allylic oxidation sites excluding steroid dienone is 1. The first kappa shape index (κ1) is 29.0. The topological polar surface area (TPSA) is 0 Å². The van der Waals surface area contributed by atoms with Gasteiger partial charge in [-0.1, -0.05) is 110 Å². The van der Waals surface area contributed by atoms with E-state index in [0.717, 1.165) is 0 Å². The van der Waals surface area contributed by atoms with Gasteiger partial charge in [0, 0.05) is 48.5 Å². The number of rotatable bonds is 2. The van der Waals surface area contributed by atoms with Crippen LogP contribution in [0.1, 0.15) is 18.1 Å². The van der Waals surface area contributed by atoms with Crippen LogP contribution < -0.4 is 0 Å². The van der Waals surface area contributed by atoms with Crippen molar-refractivity contribution >= 4 is 165 Å². The molecule has 0 atom stereocenters. The lowest BCUT2D eigenvalue weighted by molar-refractivity contribution is 1.68. The Balaban J connectivity index is 1.54. The third-order valence-electron chi connectivity index (χ3n) is 11.6. The second-order valence-corrected chi connectivity index (χ2v) is 16.2. The Hall–Kier alpha value is -5.58. The van der Waals surface area contributed by atoms with Crippen molar-refractivity contribution in [3.05, 3.63) is 141 Å². The van der Waals surface area contributed by atoms with Crippen LogP contribution in [0.15, 0.2) is 130 Å². The Kier molecular flexibility index (Phi) is 5.86. The molecule has 0 amide bonds. The SMILES string of the molecule is C=Cc1c(/C=C\C)ccc2c1c1cscc1c1c2c2c3cscc3c3c4ccccc4ccc3c2c2c3cscc3c3c4ccccc4ccc3c12. The average molecular weight is 713 g/mol. The molecule has 0 radical (unpaired) electrons. The first-order chi connectivity index (χ1) is 25.8. The summed E-state index contributed by atoms with van der Waals surface area (Å²) in [7, 11) is 0. The molecule has 3 heterocycles. The van der Waals surface area contributed by atoms with Crippen LogP contribution in [0.4, 0.5) is 0 Å². The molecule has 9 aromatic carbocycles. The van der Waals surface area contributed by atoms with Crippen molar-refractivity contribution in [3.8, 4) is 0 Å². The maximum atomic E-state index is 4.39. The third-order valence-corrected chi connectivity index (χ3v) is 13.8. The number of thiophene rings is 3. The molecule has 3 aromatic heterocycles. The molecule has 0 saturated heterocycles. The molecule has 0 spiro atoms. The second-order valence-electron chi connectivity index (χ2n) is 14.0. The molecule has 0 N–H and O–H groups in total. The fraction of sp³-hybridized carbons (Fsp3) is 0.0204. The van der Waals surface area contributed by atoms with Crippen LogP contribution in [0.5, 0.6) is 0 Å². The van der Waals surface area contributed by atoms with Crippen LogP contribution in [-0.2, 0) is 0 Å². The van der Waals surface area contributed by atoms with Crippen molar-refractivity contribution < 1.29 is 0 Å². The van der Waals surface area contributed by atoms with Crippen LogP contribution in [0, 0.1) is 0 Å². The molecule has 52 heavy (non-hydrogen) atoms. The molecule has 0 fully saturated rings. The highest BCUT2D eigenvalue weighted by atomic mass is 32.1. The van der Waals surface area contributed by atoms with Crippen molar-refractivity contribution in [1.29, 1.82) is 0 Å². The lowest BCUT2D eigenvalue weighted by atomic mass is 9.80. The minimum atomic E-state index is 1.20. The lowest BCUT2D eigenvalue weighted by Gasteiger charge is -2.21. The Morgan fingerprint density at radius 1 is 0.385 bits per heavy atom. The lowest BCUT2D eigenvalue weighted by Crippen LogP contribution is -1.93. The van der Waals surface area contributed by atoms with Crippen molar-refractivity contribution in [1.82, 2.24) is 0 Å². The molecule has 12 rings (SSSR count). The van der Waals surface area contributed by atoms with E-state index in [-0.39, 0.29) is 0 Å². The molecule has 12 aromatic rings. The second kappa shape index (κ2) is 10.5. The first-order valence-electron chi connectivity index (χ1n) is 17.7. The zero-order chi connectivity index (χ0) is 34.2. The van der Waals surface area contributed by atoms with Gasteiger partial charge in [0.2, 0.25) is 0 Å². The first-order valence-corrected chi connectivity index (χ1v) is 20.5. The molecule has 0 aliphatic heterocycles. The highest BCUT2D eigenvalue weighted by molar-refractivity contribution is 7.10. The summed E-state index contributed by atoms with van der Waals surface area (Å²) < 4.78 is 0. The highest BCUT2D eigenvalue weighted by Gasteiger charge is 2.26. The van der Waals surface area contributed by atoms with E-state index >= 15 is 0 Å². The largest absolute Gasteiger partial charge is 0.151 e. The molecular weight excluding hydrogens is 685 g/mol. The van der Waals surface area contributed by atoms with Gasteiger partial charge >= 0.3 is 0 Å². The third kappa shape index (κ3) is 3.51. The Labute approximate surface area is 310 Å². The zero-order valence-corrected chi connectivity index (χ0v) is 30.7. The smallest absolute Gasteiger partial charge is 0.00152 e. The summed E-state index contributed by atoms with van der Waals surface area (Å²) in [5.41, 5.74) is 2.41. The molecule has 0 bridgehead atoms. The van der Waals surface area contributed by atoms with E-state index in [1.807, 2.05) is 34.0 Å². The summed E-state index contributed by atoms with van der Waals surface area (Å²) in [5, 5.41) is 43.7. The molecule has 0 nitrogen and oxygen atoms in total. The standard InChI is InChI=1S/C49H28S3/c1-3-9-26-14-17-32-41(29(26)4-2)35-20-50-23-38(35)47-44(32)48-39-24-51-21-36(39)43-31-13-8-6-11-28(31)16-19-34(43)46(48)49-40-25-52-22-37(40)42-30-12-7-5-10-27(30)15-18-33(42)45(47)49/h3-25H,2H2,1H3/b9-3-. The number of benzene rings is 9. The number of hydrogen-bond acceptors (Lipinski definition) is 3. The highest BCUT2D eigenvalue weighted by Crippen LogP contribution is 2.55. The van der Waals surface area contributed by atoms with Crippen LogP contribution in [0.3, 0.4) is 0 Å². The quantitative estimate of drug-likeness (QED) is 0.157. The van der Waals surface area contributed by atoms with E-state index in [1.54, 1.807) is 0 Å². The van der Waals surface area contributed by atoms with E-state index in [9.17, 15) is 0 Å². The number of hydrogen-bond donors (Lipinski definition) is 0. The minimum absolute atomic E-state index is 1.20. The van der Waals surface area contributed by atoms with Gasteiger partial charge in [-0.15, -0.1) is 0 Å². The molecule has 0 saturated carbocycles. The maximum Gasteiger partial charge on any atom is 0.00152 e. The molecular formula is C49H28S3. The Morgan fingerprint density at radius 3 is 1.23 bits per heavy atom. The van der Waals surface area contributed by atoms with Gasteiger partial charge in [0.25, 0.3) is 0 Å². The van der Waals surface area contributed by atoms with E-state index in [4.69, 9.17) is 0 Å². The molecule has 0 aliphatic rings. The van der Waals surface area contributed by atoms with Crippen molar-refractivity contribution in [2.24, 2.45) is 0 Å². The normalized spacial score (nSPS) is 12.7. The van der Waals surface area contributed by atoms with Gasteiger partial charge in [-0.25, -0.2) is 0 Å². The summed E-state index contributed by atoms with van der Waals surface area (Å²) in [5.74, 6) is 0. The molecule has 0 unspecified atom stereocenters. The monoisotopic (exact) mass is 712 g/mol. The Bertz CT molecular complexity index is 3490. The number of fused-ring (bicyclic) bond motifs is 25. The van der Waals surface area contributed by atoms with Gasteiger partial charge in [-0.05, 0) is 120 Å². The predicted octanol–water partition coefficient (Wildman–Crippen LogP) is 16.2. The van der Waals surface area contributed by atoms with Crippen LogP contribution in [0.25, 0.3) is 131 Å². The summed E-state index contributed by atoms with van der Waals surface area (Å²) >= 11 is 5.45. The van der Waals surface area contributed by atoms with E-state index in [2.05, 4.69) is 149 Å². The summed E-state index contributed by atoms with van der Waals surface area (Å²) in [4.78, 5) is 0. The summed E-state index contributed by atoms with van der Waals surface area (Å²) in [6.45, 7) is 6.49. The predicted molar refractivity (Wildman–Crippen MR) is 237 cm³/mol. The van der Waals surface area contributed by atoms with Crippen molar-refractivity contribution in [2.75, 3.05) is 0 Å². The fourth-order valence-corrected chi connectivity index (χ4v) is 12.1. The van der Waals surface area contributed by atoms with Crippen LogP contribution >= 0.6 is 34.0 Å². The van der Waals surface area contributed by atoms with E-state index in [1.165, 1.54) is 130 Å². The molecule has 242 valence electrons. The van der Waals surface area contributed by atoms with Gasteiger partial charge in [0.15, 0.2) is 0 Å². The maximum absolute atomic E-state index is 4.39. The molecule has 3 heteroatoms. The Morgan fingerprint density at radius 2 is 0.769 bits per heavy atom. The fourth-order valence-electron chi connectivity index (χ4n) is 9.64. The van der Waals surface area contributed by atoms with Gasteiger partial charge in [0.1, 0.15) is 0 Å². The minimum Gasteiger partial charge on any atom is -0.151 e. The van der Waals surface area contributed by atoms with E-state index < -0.39 is 0 Å². The van der Waals surface area contributed by atoms with E-state index in [0.29, 0.717) is 0 Å². The van der Waals surface area contributed by atoms with Crippen LogP contribution in [-0.4, -0.2) is 0 Å². The average Bonchev–Trinajstić information content (AvgIpc) is 3.99. The van der Waals surface area contributed by atoms with Gasteiger partial charge in [-0.3, -0.25) is 0 Å². The van der Waals surface area contributed by atoms with Crippen molar-refractivity contribution in [2.45, 2.75) is 6.92 Å². The summed E-state index contributed by atoms with van der Waals surface area (Å²) in [6.07, 6.45) is 6.43. The zero-order valence-electron chi connectivity index (χ0n) is 28.2. The van der Waals surface area contributed by atoms with Crippen molar-refractivity contribution in [3.63, 3.8) is 0 Å². The van der Waals surface area contributed by atoms with Gasteiger partial charge < -0.3 is 0 Å². The van der Waals surface area contributed by atoms with Gasteiger partial charge in [-0.2, -0.15) is 34.0 Å². The molecule has 0 aliphatic carbocycles.